The van der Waals surface area contributed by atoms with Crippen molar-refractivity contribution in [2.75, 3.05) is 7.05 Å². The molecule has 1 aromatic heterocycles. The van der Waals surface area contributed by atoms with Crippen molar-refractivity contribution in [3.63, 3.8) is 0 Å². The maximum atomic E-state index is 5.78. The lowest BCUT2D eigenvalue weighted by Crippen LogP contribution is -2.21. The molecule has 0 aliphatic carbocycles. The zero-order chi connectivity index (χ0) is 14.4. The molecule has 1 aromatic carbocycles. The van der Waals surface area contributed by atoms with E-state index in [1.165, 1.54) is 10.4 Å². The third-order valence-electron chi connectivity index (χ3n) is 3.29. The first kappa shape index (κ1) is 15.5. The molecule has 1 atom stereocenters. The lowest BCUT2D eigenvalue weighted by atomic mass is 10.1. The predicted molar refractivity (Wildman–Crippen MR) is 89.6 cm³/mol. The van der Waals surface area contributed by atoms with Gasteiger partial charge >= 0.3 is 0 Å². The molecule has 1 heterocycles. The van der Waals surface area contributed by atoms with Gasteiger partial charge in [-0.05, 0) is 66.5 Å². The van der Waals surface area contributed by atoms with E-state index < -0.39 is 0 Å². The molecule has 0 saturated heterocycles. The Kier molecular flexibility index (Phi) is 6.07. The van der Waals surface area contributed by atoms with E-state index in [0.717, 1.165) is 23.1 Å². The molecule has 0 aliphatic rings. The molecule has 108 valence electrons. The number of halogens is 1. The van der Waals surface area contributed by atoms with Gasteiger partial charge in [-0.1, -0.05) is 12.1 Å². The van der Waals surface area contributed by atoms with Crippen molar-refractivity contribution in [2.24, 2.45) is 0 Å². The average Bonchev–Trinajstić information content (AvgIpc) is 2.89. The zero-order valence-electron chi connectivity index (χ0n) is 11.9. The Balaban J connectivity index is 1.82. The van der Waals surface area contributed by atoms with Crippen molar-refractivity contribution in [1.29, 1.82) is 0 Å². The number of thiophene rings is 1. The molecule has 2 aromatic rings. The average molecular weight is 354 g/mol. The molecule has 2 nitrogen and oxygen atoms in total. The number of nitrogens with one attached hydrogen (secondary N) is 1. The first-order valence-corrected chi connectivity index (χ1v) is 8.46. The molecule has 2 rings (SSSR count). The quantitative estimate of drug-likeness (QED) is 0.783. The van der Waals surface area contributed by atoms with Crippen molar-refractivity contribution in [2.45, 2.75) is 32.4 Å². The van der Waals surface area contributed by atoms with Gasteiger partial charge in [-0.25, -0.2) is 0 Å². The Labute approximate surface area is 133 Å². The van der Waals surface area contributed by atoms with Crippen LogP contribution in [0.15, 0.2) is 40.2 Å². The van der Waals surface area contributed by atoms with E-state index >= 15 is 0 Å². The van der Waals surface area contributed by atoms with E-state index in [4.69, 9.17) is 4.74 Å². The fraction of sp³-hybridized carbons (Fsp3) is 0.375. The Bertz CT molecular complexity index is 524. The molecular formula is C16H20BrNOS. The van der Waals surface area contributed by atoms with Gasteiger partial charge in [-0.2, -0.15) is 0 Å². The highest BCUT2D eigenvalue weighted by Crippen LogP contribution is 2.22. The molecule has 0 spiro atoms. The number of rotatable bonds is 7. The van der Waals surface area contributed by atoms with Gasteiger partial charge in [0, 0.05) is 20.8 Å². The van der Waals surface area contributed by atoms with Crippen LogP contribution in [0.4, 0.5) is 0 Å². The Morgan fingerprint density at radius 2 is 2.05 bits per heavy atom. The molecule has 0 amide bonds. The van der Waals surface area contributed by atoms with Gasteiger partial charge in [0.1, 0.15) is 12.4 Å². The second kappa shape index (κ2) is 7.81. The monoisotopic (exact) mass is 353 g/mol. The minimum atomic E-state index is 0.559. The van der Waals surface area contributed by atoms with Crippen molar-refractivity contribution < 1.29 is 4.74 Å². The highest BCUT2D eigenvalue weighted by molar-refractivity contribution is 9.10. The summed E-state index contributed by atoms with van der Waals surface area (Å²) < 4.78 is 6.90. The topological polar surface area (TPSA) is 21.3 Å². The maximum Gasteiger partial charge on any atom is 0.122 e. The minimum Gasteiger partial charge on any atom is -0.488 e. The van der Waals surface area contributed by atoms with Gasteiger partial charge in [0.25, 0.3) is 0 Å². The highest BCUT2D eigenvalue weighted by atomic mass is 79.9. The van der Waals surface area contributed by atoms with Gasteiger partial charge in [-0.3, -0.25) is 0 Å². The molecule has 0 bridgehead atoms. The third-order valence-corrected chi connectivity index (χ3v) is 4.96. The summed E-state index contributed by atoms with van der Waals surface area (Å²) in [4.78, 5) is 1.23. The van der Waals surface area contributed by atoms with Crippen LogP contribution in [0.25, 0.3) is 0 Å². The standard InChI is InChI=1S/C16H20BrNOS/c1-12(18-2)3-4-13-5-7-15(8-6-13)19-10-16-9-14(17)11-20-16/h5-9,11-12,18H,3-4,10H2,1-2H3. The Hall–Kier alpha value is -0.840. The summed E-state index contributed by atoms with van der Waals surface area (Å²) in [6, 6.07) is 11.1. The summed E-state index contributed by atoms with van der Waals surface area (Å²) in [6.07, 6.45) is 2.25. The fourth-order valence-corrected chi connectivity index (χ4v) is 3.23. The van der Waals surface area contributed by atoms with Crippen molar-refractivity contribution in [3.8, 4) is 5.75 Å². The van der Waals surface area contributed by atoms with Gasteiger partial charge in [0.2, 0.25) is 0 Å². The lowest BCUT2D eigenvalue weighted by molar-refractivity contribution is 0.309. The number of ether oxygens (including phenoxy) is 1. The molecule has 20 heavy (non-hydrogen) atoms. The summed E-state index contributed by atoms with van der Waals surface area (Å²) >= 11 is 5.16. The third kappa shape index (κ3) is 4.93. The van der Waals surface area contributed by atoms with Crippen LogP contribution in [0.2, 0.25) is 0 Å². The van der Waals surface area contributed by atoms with E-state index in [1.807, 2.05) is 7.05 Å². The van der Waals surface area contributed by atoms with Gasteiger partial charge in [0.15, 0.2) is 0 Å². The van der Waals surface area contributed by atoms with E-state index in [1.54, 1.807) is 11.3 Å². The number of hydrogen-bond donors (Lipinski definition) is 1. The molecule has 0 saturated carbocycles. The maximum absolute atomic E-state index is 5.78. The van der Waals surface area contributed by atoms with Crippen LogP contribution in [-0.4, -0.2) is 13.1 Å². The van der Waals surface area contributed by atoms with Crippen LogP contribution in [0.1, 0.15) is 23.8 Å². The van der Waals surface area contributed by atoms with Gasteiger partial charge < -0.3 is 10.1 Å². The van der Waals surface area contributed by atoms with Crippen molar-refractivity contribution in [3.05, 3.63) is 50.6 Å². The van der Waals surface area contributed by atoms with E-state index in [2.05, 4.69) is 63.9 Å². The molecule has 0 fully saturated rings. The number of hydrogen-bond acceptors (Lipinski definition) is 3. The highest BCUT2D eigenvalue weighted by Gasteiger charge is 2.02. The van der Waals surface area contributed by atoms with Gasteiger partial charge in [0.05, 0.1) is 0 Å². The van der Waals surface area contributed by atoms with Crippen LogP contribution < -0.4 is 10.1 Å². The lowest BCUT2D eigenvalue weighted by Gasteiger charge is -2.10. The summed E-state index contributed by atoms with van der Waals surface area (Å²) in [5.74, 6) is 0.930. The Morgan fingerprint density at radius 1 is 1.30 bits per heavy atom. The molecule has 4 heteroatoms. The van der Waals surface area contributed by atoms with Crippen LogP contribution in [-0.2, 0) is 13.0 Å². The fourth-order valence-electron chi connectivity index (χ4n) is 1.86. The summed E-state index contributed by atoms with van der Waals surface area (Å²) in [6.45, 7) is 2.84. The largest absolute Gasteiger partial charge is 0.488 e. The first-order valence-electron chi connectivity index (χ1n) is 6.79. The van der Waals surface area contributed by atoms with E-state index in [0.29, 0.717) is 12.6 Å². The number of aryl methyl sites for hydroxylation is 1. The number of benzene rings is 1. The van der Waals surface area contributed by atoms with Crippen LogP contribution >= 0.6 is 27.3 Å². The molecule has 1 N–H and O–H groups in total. The van der Waals surface area contributed by atoms with E-state index in [-0.39, 0.29) is 0 Å². The molecule has 0 radical (unpaired) electrons. The minimum absolute atomic E-state index is 0.559. The van der Waals surface area contributed by atoms with Crippen LogP contribution in [0.5, 0.6) is 5.75 Å². The molecular weight excluding hydrogens is 334 g/mol. The van der Waals surface area contributed by atoms with Crippen molar-refractivity contribution >= 4 is 27.3 Å². The summed E-state index contributed by atoms with van der Waals surface area (Å²) in [7, 11) is 2.00. The second-order valence-electron chi connectivity index (χ2n) is 4.89. The predicted octanol–water partition coefficient (Wildman–Crippen LogP) is 4.63. The zero-order valence-corrected chi connectivity index (χ0v) is 14.3. The SMILES string of the molecule is CNC(C)CCc1ccc(OCc2cc(Br)cs2)cc1. The van der Waals surface area contributed by atoms with Crippen molar-refractivity contribution in [1.82, 2.24) is 5.32 Å². The second-order valence-corrected chi connectivity index (χ2v) is 6.80. The Morgan fingerprint density at radius 3 is 2.65 bits per heavy atom. The summed E-state index contributed by atoms with van der Waals surface area (Å²) in [5.41, 5.74) is 1.36. The summed E-state index contributed by atoms with van der Waals surface area (Å²) in [5, 5.41) is 5.33. The molecule has 0 aliphatic heterocycles. The van der Waals surface area contributed by atoms with Crippen LogP contribution in [0.3, 0.4) is 0 Å². The van der Waals surface area contributed by atoms with Gasteiger partial charge in [-0.15, -0.1) is 11.3 Å². The van der Waals surface area contributed by atoms with Crippen LogP contribution in [0, 0.1) is 0 Å². The molecule has 1 unspecified atom stereocenters. The normalized spacial score (nSPS) is 12.3. The first-order chi connectivity index (χ1) is 9.67. The smallest absolute Gasteiger partial charge is 0.122 e. The van der Waals surface area contributed by atoms with E-state index in [9.17, 15) is 0 Å².